The highest BCUT2D eigenvalue weighted by molar-refractivity contribution is 7.07. The van der Waals surface area contributed by atoms with Gasteiger partial charge in [-0.3, -0.25) is 19.7 Å². The summed E-state index contributed by atoms with van der Waals surface area (Å²) in [6, 6.07) is 11.2. The van der Waals surface area contributed by atoms with E-state index in [1.807, 2.05) is 0 Å². The van der Waals surface area contributed by atoms with Gasteiger partial charge in [-0.05, 0) is 42.8 Å². The maximum atomic E-state index is 12.3. The van der Waals surface area contributed by atoms with Crippen LogP contribution in [0.15, 0.2) is 47.3 Å². The summed E-state index contributed by atoms with van der Waals surface area (Å²) in [5, 5.41) is 11.6. The zero-order chi connectivity index (χ0) is 19.6. The molecule has 0 unspecified atom stereocenters. The van der Waals surface area contributed by atoms with Gasteiger partial charge in [0.25, 0.3) is 11.2 Å². The number of nitrogens with zero attached hydrogens (tertiary/aromatic N) is 1. The predicted molar refractivity (Wildman–Crippen MR) is 106 cm³/mol. The van der Waals surface area contributed by atoms with Crippen molar-refractivity contribution in [1.29, 1.82) is 0 Å². The number of ketones is 1. The van der Waals surface area contributed by atoms with Gasteiger partial charge in [0.05, 0.1) is 14.1 Å². The van der Waals surface area contributed by atoms with E-state index >= 15 is 0 Å². The molecule has 0 saturated carbocycles. The summed E-state index contributed by atoms with van der Waals surface area (Å²) >= 11 is 6.91. The number of aromatic nitrogens is 1. The quantitative estimate of drug-likeness (QED) is 0.414. The van der Waals surface area contributed by atoms with Crippen molar-refractivity contribution < 1.29 is 9.72 Å². The Bertz CT molecular complexity index is 1210. The van der Waals surface area contributed by atoms with Crippen molar-refractivity contribution in [1.82, 2.24) is 4.98 Å². The minimum absolute atomic E-state index is 0.0126. The molecular formula is C19H13ClN2O4S. The van der Waals surface area contributed by atoms with Crippen molar-refractivity contribution in [2.75, 3.05) is 0 Å². The molecule has 3 rings (SSSR count). The van der Waals surface area contributed by atoms with E-state index in [1.165, 1.54) is 12.1 Å². The molecule has 136 valence electrons. The van der Waals surface area contributed by atoms with Gasteiger partial charge in [0.1, 0.15) is 0 Å². The molecule has 8 heteroatoms. The summed E-state index contributed by atoms with van der Waals surface area (Å²) in [5.74, 6) is -0.262. The van der Waals surface area contributed by atoms with Gasteiger partial charge < -0.3 is 4.98 Å². The van der Waals surface area contributed by atoms with Crippen LogP contribution in [0, 0.1) is 17.0 Å². The molecule has 0 atom stereocenters. The lowest BCUT2D eigenvalue weighted by molar-refractivity contribution is -0.385. The van der Waals surface area contributed by atoms with Crippen LogP contribution in [0.5, 0.6) is 0 Å². The molecule has 0 aliphatic carbocycles. The Morgan fingerprint density at radius 1 is 1.22 bits per heavy atom. The Labute approximate surface area is 162 Å². The van der Waals surface area contributed by atoms with E-state index in [4.69, 9.17) is 11.6 Å². The minimum Gasteiger partial charge on any atom is -0.313 e. The van der Waals surface area contributed by atoms with Crippen LogP contribution in [-0.2, 0) is 0 Å². The average molecular weight is 401 g/mol. The summed E-state index contributed by atoms with van der Waals surface area (Å²) < 4.78 is 0.746. The lowest BCUT2D eigenvalue weighted by atomic mass is 10.1. The van der Waals surface area contributed by atoms with Crippen molar-refractivity contribution in [2.45, 2.75) is 6.92 Å². The molecule has 0 saturated heterocycles. The summed E-state index contributed by atoms with van der Waals surface area (Å²) in [4.78, 5) is 37.6. The average Bonchev–Trinajstić information content (AvgIpc) is 2.96. The van der Waals surface area contributed by atoms with Crippen LogP contribution in [0.25, 0.3) is 12.2 Å². The number of rotatable bonds is 4. The van der Waals surface area contributed by atoms with E-state index in [-0.39, 0.29) is 17.0 Å². The Balaban J connectivity index is 1.99. The van der Waals surface area contributed by atoms with E-state index in [0.717, 1.165) is 11.3 Å². The van der Waals surface area contributed by atoms with Crippen molar-refractivity contribution in [3.05, 3.63) is 93.8 Å². The smallest absolute Gasteiger partial charge is 0.272 e. The Morgan fingerprint density at radius 2 is 1.93 bits per heavy atom. The molecule has 27 heavy (non-hydrogen) atoms. The second-order valence-corrected chi connectivity index (χ2v) is 7.27. The lowest BCUT2D eigenvalue weighted by Crippen LogP contribution is -2.20. The van der Waals surface area contributed by atoms with Crippen LogP contribution >= 0.6 is 22.9 Å². The zero-order valence-corrected chi connectivity index (χ0v) is 15.6. The van der Waals surface area contributed by atoms with E-state index < -0.39 is 4.92 Å². The van der Waals surface area contributed by atoms with Gasteiger partial charge in [0, 0.05) is 28.3 Å². The predicted octanol–water partition coefficient (Wildman–Crippen LogP) is 2.80. The number of hydrogen-bond donors (Lipinski definition) is 1. The number of benzene rings is 2. The molecule has 0 amide bonds. The molecule has 0 spiro atoms. The van der Waals surface area contributed by atoms with E-state index in [1.54, 1.807) is 49.4 Å². The fraction of sp³-hybridized carbons (Fsp3) is 0.0526. The van der Waals surface area contributed by atoms with Crippen molar-refractivity contribution in [3.63, 3.8) is 0 Å². The van der Waals surface area contributed by atoms with Crippen LogP contribution in [-0.4, -0.2) is 15.7 Å². The molecular weight excluding hydrogens is 388 g/mol. The molecule has 1 aromatic heterocycles. The summed E-state index contributed by atoms with van der Waals surface area (Å²) in [5.41, 5.74) is 1.16. The van der Waals surface area contributed by atoms with Crippen molar-refractivity contribution in [2.24, 2.45) is 0 Å². The molecule has 3 aromatic rings. The van der Waals surface area contributed by atoms with Crippen LogP contribution in [0.2, 0.25) is 5.02 Å². The highest BCUT2D eigenvalue weighted by atomic mass is 35.5. The Kier molecular flexibility index (Phi) is 5.34. The summed E-state index contributed by atoms with van der Waals surface area (Å²) in [6.45, 7) is 1.65. The first kappa shape index (κ1) is 18.8. The molecule has 1 N–H and O–H groups in total. The Morgan fingerprint density at radius 3 is 2.59 bits per heavy atom. The van der Waals surface area contributed by atoms with Crippen molar-refractivity contribution >= 4 is 46.6 Å². The fourth-order valence-electron chi connectivity index (χ4n) is 2.41. The minimum atomic E-state index is -0.463. The van der Waals surface area contributed by atoms with Gasteiger partial charge in [-0.1, -0.05) is 23.7 Å². The molecule has 0 fully saturated rings. The molecule has 0 aliphatic rings. The third kappa shape index (κ3) is 4.39. The molecule has 1 heterocycles. The number of nitrogens with one attached hydrogen (secondary N) is 1. The number of H-pyrrole nitrogens is 1. The van der Waals surface area contributed by atoms with E-state index in [0.29, 0.717) is 30.9 Å². The van der Waals surface area contributed by atoms with Gasteiger partial charge in [-0.25, -0.2) is 0 Å². The molecule has 0 bridgehead atoms. The summed E-state index contributed by atoms with van der Waals surface area (Å²) in [6.07, 6.45) is 2.89. The third-order valence-corrected chi connectivity index (χ3v) is 5.01. The van der Waals surface area contributed by atoms with Gasteiger partial charge in [0.2, 0.25) is 0 Å². The van der Waals surface area contributed by atoms with Gasteiger partial charge in [-0.15, -0.1) is 11.3 Å². The number of nitro groups is 1. The number of thiazole rings is 1. The maximum absolute atomic E-state index is 12.3. The van der Waals surface area contributed by atoms with Crippen LogP contribution in [0.1, 0.15) is 21.5 Å². The molecule has 6 nitrogen and oxygen atoms in total. The maximum Gasteiger partial charge on any atom is 0.272 e. The number of carbonyl (C=O) groups excluding carboxylic acids is 1. The first-order valence-corrected chi connectivity index (χ1v) is 9.00. The Hall–Kier alpha value is -3.03. The topological polar surface area (TPSA) is 93.1 Å². The largest absolute Gasteiger partial charge is 0.313 e. The van der Waals surface area contributed by atoms with Crippen LogP contribution in [0.3, 0.4) is 0 Å². The number of Topliss-reactive ketones (excluding diaryl/α,β-unsaturated/α-hetero) is 1. The fourth-order valence-corrected chi connectivity index (χ4v) is 3.42. The first-order chi connectivity index (χ1) is 12.8. The summed E-state index contributed by atoms with van der Waals surface area (Å²) in [7, 11) is 0. The highest BCUT2D eigenvalue weighted by Crippen LogP contribution is 2.19. The second kappa shape index (κ2) is 7.69. The molecule has 0 aliphatic heterocycles. The number of carbonyl (C=O) groups is 1. The number of nitro benzene ring substituents is 1. The number of hydrogen-bond acceptors (Lipinski definition) is 5. The standard InChI is InChI=1S/C19H13ClN2O4S/c1-11-2-3-12(8-15(11)22(25)26)9-17-19(24)21-18(27-17)10-16(23)13-4-6-14(20)7-5-13/h2-10H,1H3,(H,21,24). The first-order valence-electron chi connectivity index (χ1n) is 7.81. The van der Waals surface area contributed by atoms with Crippen LogP contribution < -0.4 is 14.8 Å². The number of aryl methyl sites for hydroxylation is 1. The van der Waals surface area contributed by atoms with Gasteiger partial charge in [0.15, 0.2) is 5.78 Å². The number of halogens is 1. The van der Waals surface area contributed by atoms with E-state index in [2.05, 4.69) is 4.98 Å². The zero-order valence-electron chi connectivity index (χ0n) is 14.1. The molecule has 0 radical (unpaired) electrons. The third-order valence-electron chi connectivity index (χ3n) is 3.80. The monoisotopic (exact) mass is 400 g/mol. The SMILES string of the molecule is Cc1ccc(C=c2sc(=CC(=O)c3ccc(Cl)cc3)[nH]c2=O)cc1[N+](=O)[O-]. The number of aromatic amines is 1. The highest BCUT2D eigenvalue weighted by Gasteiger charge is 2.10. The lowest BCUT2D eigenvalue weighted by Gasteiger charge is -1.97. The van der Waals surface area contributed by atoms with Gasteiger partial charge >= 0.3 is 0 Å². The van der Waals surface area contributed by atoms with Crippen LogP contribution in [0.4, 0.5) is 5.69 Å². The second-order valence-electron chi connectivity index (χ2n) is 5.75. The molecule has 2 aromatic carbocycles. The van der Waals surface area contributed by atoms with Crippen molar-refractivity contribution in [3.8, 4) is 0 Å². The normalized spacial score (nSPS) is 12.4. The van der Waals surface area contributed by atoms with E-state index in [9.17, 15) is 19.7 Å². The van der Waals surface area contributed by atoms with Gasteiger partial charge in [-0.2, -0.15) is 0 Å².